The molecule has 0 radical (unpaired) electrons. The second-order valence-corrected chi connectivity index (χ2v) is 12.8. The van der Waals surface area contributed by atoms with Gasteiger partial charge in [0.25, 0.3) is 0 Å². The van der Waals surface area contributed by atoms with Crippen molar-refractivity contribution >= 4 is 60.5 Å². The number of hydrogen-bond donors (Lipinski definition) is 0. The molecule has 0 spiro atoms. The summed E-state index contributed by atoms with van der Waals surface area (Å²) in [7, 11) is 0. The number of fused-ring (bicyclic) bond motifs is 6. The fraction of sp³-hybridized carbons (Fsp3) is 0. The Morgan fingerprint density at radius 1 is 0.423 bits per heavy atom. The predicted octanol–water partition coefficient (Wildman–Crippen LogP) is 14.4. The number of furan rings is 1. The molecule has 0 aliphatic rings. The first-order valence-electron chi connectivity index (χ1n) is 20.7. The monoisotopic (exact) mass is 670 g/mol. The van der Waals surface area contributed by atoms with Gasteiger partial charge in [0.15, 0.2) is 0 Å². The van der Waals surface area contributed by atoms with Crippen molar-refractivity contribution in [2.45, 2.75) is 0 Å². The van der Waals surface area contributed by atoms with Gasteiger partial charge in [0.05, 0.1) is 15.3 Å². The van der Waals surface area contributed by atoms with Crippen LogP contribution in [-0.2, 0) is 0 Å². The van der Waals surface area contributed by atoms with E-state index in [1.165, 1.54) is 5.39 Å². The smallest absolute Gasteiger partial charge is 0.136 e. The van der Waals surface area contributed by atoms with Crippen molar-refractivity contribution < 1.29 is 14.0 Å². The summed E-state index contributed by atoms with van der Waals surface area (Å²) in [5.74, 6) is 0. The summed E-state index contributed by atoms with van der Waals surface area (Å²) in [6.45, 7) is 0. The van der Waals surface area contributed by atoms with E-state index in [9.17, 15) is 1.37 Å². The molecule has 0 aliphatic heterocycles. The summed E-state index contributed by atoms with van der Waals surface area (Å²) in [4.78, 5) is 2.24. The Kier molecular flexibility index (Phi) is 5.63. The first kappa shape index (κ1) is 23.5. The van der Waals surface area contributed by atoms with E-state index < -0.39 is 12.1 Å². The largest absolute Gasteiger partial charge is 0.456 e. The number of hydrogen-bond acceptors (Lipinski definition) is 2. The standard InChI is InChI=1S/C50H33NO/c1-2-10-34(11-3-1)36-22-27-42(28-23-36)51(47-16-8-6-14-44(47)41-21-18-35-12-4-5-13-39(35)32-41)43-29-24-37(25-30-43)40-20-19-38-26-31-49-50(46(38)33-40)45-15-7-9-17-48(45)52-49/h1-33H/i7D,9D,15D,17D,26D,31D,33D. The van der Waals surface area contributed by atoms with Crippen LogP contribution in [0.3, 0.4) is 0 Å². The van der Waals surface area contributed by atoms with Gasteiger partial charge in [-0.05, 0) is 104 Å². The molecule has 0 aliphatic carbocycles. The minimum Gasteiger partial charge on any atom is -0.456 e. The molecule has 10 aromatic rings. The molecule has 9 aromatic carbocycles. The summed E-state index contributed by atoms with van der Waals surface area (Å²) in [6, 6.07) is 51.7. The van der Waals surface area contributed by atoms with Crippen LogP contribution >= 0.6 is 0 Å². The minimum absolute atomic E-state index is 0.0375. The van der Waals surface area contributed by atoms with Gasteiger partial charge in [0.1, 0.15) is 11.2 Å². The molecule has 0 atom stereocenters. The van der Waals surface area contributed by atoms with Crippen molar-refractivity contribution in [1.82, 2.24) is 0 Å². The number of nitrogens with zero attached hydrogens (tertiary/aromatic N) is 1. The molecule has 0 bridgehead atoms. The molecule has 244 valence electrons. The molecule has 0 saturated carbocycles. The maximum Gasteiger partial charge on any atom is 0.136 e. The average Bonchev–Trinajstić information content (AvgIpc) is 3.69. The lowest BCUT2D eigenvalue weighted by Gasteiger charge is -2.28. The highest BCUT2D eigenvalue weighted by molar-refractivity contribution is 6.19. The van der Waals surface area contributed by atoms with E-state index in [1.807, 2.05) is 54.6 Å². The average molecular weight is 671 g/mol. The third-order valence-corrected chi connectivity index (χ3v) is 9.72. The summed E-state index contributed by atoms with van der Waals surface area (Å²) >= 11 is 0. The van der Waals surface area contributed by atoms with E-state index in [2.05, 4.69) is 95.9 Å². The van der Waals surface area contributed by atoms with Crippen LogP contribution in [0.15, 0.2) is 204 Å². The second-order valence-electron chi connectivity index (χ2n) is 12.8. The van der Waals surface area contributed by atoms with Crippen molar-refractivity contribution in [3.8, 4) is 33.4 Å². The Labute approximate surface area is 312 Å². The maximum atomic E-state index is 9.55. The van der Waals surface area contributed by atoms with Crippen molar-refractivity contribution in [1.29, 1.82) is 0 Å². The molecule has 2 heteroatoms. The van der Waals surface area contributed by atoms with E-state index in [0.717, 1.165) is 50.3 Å². The lowest BCUT2D eigenvalue weighted by atomic mass is 9.97. The molecule has 1 aromatic heterocycles. The zero-order valence-corrected chi connectivity index (χ0v) is 27.9. The fourth-order valence-electron chi connectivity index (χ4n) is 7.15. The van der Waals surface area contributed by atoms with Gasteiger partial charge in [0.2, 0.25) is 0 Å². The molecule has 0 unspecified atom stereocenters. The van der Waals surface area contributed by atoms with Crippen LogP contribution in [0.1, 0.15) is 9.60 Å². The van der Waals surface area contributed by atoms with Crippen molar-refractivity contribution in [3.63, 3.8) is 0 Å². The van der Waals surface area contributed by atoms with Crippen LogP contribution in [0.5, 0.6) is 0 Å². The Morgan fingerprint density at radius 2 is 1.04 bits per heavy atom. The first-order chi connectivity index (χ1) is 28.7. The lowest BCUT2D eigenvalue weighted by Crippen LogP contribution is -2.11. The molecular formula is C50H33NO. The first-order valence-corrected chi connectivity index (χ1v) is 17.2. The highest BCUT2D eigenvalue weighted by Crippen LogP contribution is 2.43. The van der Waals surface area contributed by atoms with Crippen LogP contribution in [0, 0.1) is 0 Å². The predicted molar refractivity (Wildman–Crippen MR) is 220 cm³/mol. The molecule has 1 heterocycles. The minimum atomic E-state index is -0.448. The van der Waals surface area contributed by atoms with E-state index >= 15 is 0 Å². The molecule has 0 saturated heterocycles. The molecule has 0 N–H and O–H groups in total. The van der Waals surface area contributed by atoms with E-state index in [1.54, 1.807) is 12.1 Å². The summed E-state index contributed by atoms with van der Waals surface area (Å²) in [5, 5.41) is 3.30. The van der Waals surface area contributed by atoms with Crippen molar-refractivity contribution in [2.75, 3.05) is 4.90 Å². The molecule has 0 amide bonds. The van der Waals surface area contributed by atoms with E-state index in [0.29, 0.717) is 16.3 Å². The van der Waals surface area contributed by atoms with Crippen LogP contribution in [0.2, 0.25) is 0 Å². The van der Waals surface area contributed by atoms with Gasteiger partial charge < -0.3 is 9.32 Å². The SMILES string of the molecule is [2H]c1c([2H])c([2H])c2c(oc3c([2H])c([2H])c4ccc(-c5ccc(N(c6ccc(-c7ccccc7)cc6)c6ccccc6-c6ccc7ccccc7c6)cc5)c([2H])c4c32)c1[2H]. The van der Waals surface area contributed by atoms with E-state index in [-0.39, 0.29) is 52.2 Å². The normalized spacial score (nSPS) is 13.3. The fourth-order valence-corrected chi connectivity index (χ4v) is 7.15. The molecule has 0 fully saturated rings. The van der Waals surface area contributed by atoms with Crippen molar-refractivity contribution in [2.24, 2.45) is 0 Å². The highest BCUT2D eigenvalue weighted by atomic mass is 16.3. The van der Waals surface area contributed by atoms with Crippen molar-refractivity contribution in [3.05, 3.63) is 200 Å². The molecule has 10 rings (SSSR count). The van der Waals surface area contributed by atoms with Crippen LogP contribution in [0.25, 0.3) is 76.9 Å². The topological polar surface area (TPSA) is 16.4 Å². The molecular weight excluding hydrogens is 631 g/mol. The van der Waals surface area contributed by atoms with Crippen LogP contribution in [-0.4, -0.2) is 0 Å². The molecule has 52 heavy (non-hydrogen) atoms. The van der Waals surface area contributed by atoms with Gasteiger partial charge in [-0.2, -0.15) is 0 Å². The Balaban J connectivity index is 1.14. The number of anilines is 3. The number of benzene rings is 9. The lowest BCUT2D eigenvalue weighted by molar-refractivity contribution is 0.669. The van der Waals surface area contributed by atoms with Gasteiger partial charge >= 0.3 is 0 Å². The third-order valence-electron chi connectivity index (χ3n) is 9.72. The van der Waals surface area contributed by atoms with Gasteiger partial charge in [-0.25, -0.2) is 0 Å². The third kappa shape index (κ3) is 5.21. The quantitative estimate of drug-likeness (QED) is 0.175. The Bertz CT molecular complexity index is 3290. The van der Waals surface area contributed by atoms with Crippen LogP contribution < -0.4 is 4.90 Å². The van der Waals surface area contributed by atoms with Gasteiger partial charge in [-0.1, -0.05) is 145 Å². The molecule has 2 nitrogen and oxygen atoms in total. The van der Waals surface area contributed by atoms with Gasteiger partial charge in [-0.15, -0.1) is 0 Å². The maximum absolute atomic E-state index is 9.55. The summed E-state index contributed by atoms with van der Waals surface area (Å²) in [6.07, 6.45) is 0. The number of para-hydroxylation sites is 2. The van der Waals surface area contributed by atoms with Gasteiger partial charge in [0, 0.05) is 27.7 Å². The zero-order valence-electron chi connectivity index (χ0n) is 34.9. The highest BCUT2D eigenvalue weighted by Gasteiger charge is 2.18. The summed E-state index contributed by atoms with van der Waals surface area (Å²) in [5.41, 5.74) is 8.41. The summed E-state index contributed by atoms with van der Waals surface area (Å²) < 4.78 is 66.9. The Morgan fingerprint density at radius 3 is 1.85 bits per heavy atom. The van der Waals surface area contributed by atoms with E-state index in [4.69, 9.17) is 12.6 Å². The number of rotatable bonds is 6. The van der Waals surface area contributed by atoms with Crippen LogP contribution in [0.4, 0.5) is 17.1 Å². The van der Waals surface area contributed by atoms with Gasteiger partial charge in [-0.3, -0.25) is 0 Å². The zero-order chi connectivity index (χ0) is 40.5. The second kappa shape index (κ2) is 12.5. The Hall–Kier alpha value is -6.90.